The molecule has 0 aliphatic heterocycles. The summed E-state index contributed by atoms with van der Waals surface area (Å²) in [6.07, 6.45) is 1.84. The zero-order valence-corrected chi connectivity index (χ0v) is 12.4. The summed E-state index contributed by atoms with van der Waals surface area (Å²) >= 11 is 0. The molecule has 5 nitrogen and oxygen atoms in total. The van der Waals surface area contributed by atoms with E-state index >= 15 is 0 Å². The average Bonchev–Trinajstić information content (AvgIpc) is 2.80. The van der Waals surface area contributed by atoms with E-state index in [2.05, 4.69) is 4.98 Å². The van der Waals surface area contributed by atoms with Gasteiger partial charge in [0.2, 0.25) is 15.0 Å². The number of aliphatic hydroxyl groups is 1. The molecule has 0 radical (unpaired) electrons. The number of imidazole rings is 1. The van der Waals surface area contributed by atoms with Crippen molar-refractivity contribution in [3.8, 4) is 0 Å². The first kappa shape index (κ1) is 14.7. The standard InChI is InChI=1S/C14H18N2O3S/c1-11-3-5-12(6-4-11)7-8-20(18,19)14-15-9-13(10-17)16(14)2/h3-6,9,17H,7-8,10H2,1-2H3. The maximum atomic E-state index is 12.3. The molecule has 1 aromatic carbocycles. The monoisotopic (exact) mass is 294 g/mol. The van der Waals surface area contributed by atoms with Gasteiger partial charge in [-0.1, -0.05) is 29.8 Å². The quantitative estimate of drug-likeness (QED) is 0.900. The van der Waals surface area contributed by atoms with E-state index in [1.165, 1.54) is 10.8 Å². The highest BCUT2D eigenvalue weighted by molar-refractivity contribution is 7.91. The van der Waals surface area contributed by atoms with Gasteiger partial charge in [0.05, 0.1) is 24.3 Å². The predicted molar refractivity (Wildman–Crippen MR) is 76.1 cm³/mol. The highest BCUT2D eigenvalue weighted by Gasteiger charge is 2.21. The second-order valence-corrected chi connectivity index (χ2v) is 6.81. The molecule has 2 aromatic rings. The van der Waals surface area contributed by atoms with Gasteiger partial charge in [-0.3, -0.25) is 0 Å². The number of aromatic nitrogens is 2. The Balaban J connectivity index is 2.15. The lowest BCUT2D eigenvalue weighted by Crippen LogP contribution is -2.15. The van der Waals surface area contributed by atoms with Crippen LogP contribution >= 0.6 is 0 Å². The number of hydrogen-bond acceptors (Lipinski definition) is 4. The van der Waals surface area contributed by atoms with Crippen LogP contribution in [-0.4, -0.2) is 28.8 Å². The van der Waals surface area contributed by atoms with E-state index in [9.17, 15) is 8.42 Å². The van der Waals surface area contributed by atoms with Crippen molar-refractivity contribution in [1.82, 2.24) is 9.55 Å². The van der Waals surface area contributed by atoms with Gasteiger partial charge in [-0.2, -0.15) is 0 Å². The van der Waals surface area contributed by atoms with Crippen LogP contribution in [0.1, 0.15) is 16.8 Å². The van der Waals surface area contributed by atoms with Crippen LogP contribution in [0.5, 0.6) is 0 Å². The Kier molecular flexibility index (Phi) is 4.25. The largest absolute Gasteiger partial charge is 0.390 e. The Bertz CT molecular complexity index is 688. The SMILES string of the molecule is Cc1ccc(CCS(=O)(=O)c2ncc(CO)n2C)cc1. The summed E-state index contributed by atoms with van der Waals surface area (Å²) in [5.41, 5.74) is 2.61. The number of rotatable bonds is 5. The molecule has 6 heteroatoms. The van der Waals surface area contributed by atoms with E-state index in [0.717, 1.165) is 11.1 Å². The molecule has 0 spiro atoms. The van der Waals surface area contributed by atoms with Crippen LogP contribution in [0, 0.1) is 6.92 Å². The maximum Gasteiger partial charge on any atom is 0.227 e. The molecule has 0 amide bonds. The first-order valence-corrected chi connectivity index (χ1v) is 7.99. The fourth-order valence-electron chi connectivity index (χ4n) is 1.96. The number of aliphatic hydroxyl groups excluding tert-OH is 1. The van der Waals surface area contributed by atoms with Crippen molar-refractivity contribution in [2.75, 3.05) is 5.75 Å². The zero-order chi connectivity index (χ0) is 14.8. The molecule has 1 N–H and O–H groups in total. The van der Waals surface area contributed by atoms with Crippen LogP contribution in [0.15, 0.2) is 35.6 Å². The molecule has 2 rings (SSSR count). The Morgan fingerprint density at radius 2 is 1.90 bits per heavy atom. The molecular weight excluding hydrogens is 276 g/mol. The summed E-state index contributed by atoms with van der Waals surface area (Å²) in [6.45, 7) is 1.77. The van der Waals surface area contributed by atoms with Gasteiger partial charge >= 0.3 is 0 Å². The van der Waals surface area contributed by atoms with E-state index in [4.69, 9.17) is 5.11 Å². The Labute approximate surface area is 118 Å². The molecule has 108 valence electrons. The van der Waals surface area contributed by atoms with E-state index in [0.29, 0.717) is 12.1 Å². The topological polar surface area (TPSA) is 72.2 Å². The van der Waals surface area contributed by atoms with Crippen molar-refractivity contribution in [2.45, 2.75) is 25.1 Å². The van der Waals surface area contributed by atoms with E-state index in [1.54, 1.807) is 7.05 Å². The molecule has 0 fully saturated rings. The van der Waals surface area contributed by atoms with Gasteiger partial charge in [-0.05, 0) is 18.9 Å². The number of benzene rings is 1. The molecule has 0 atom stereocenters. The van der Waals surface area contributed by atoms with Gasteiger partial charge in [0.15, 0.2) is 0 Å². The minimum absolute atomic E-state index is 0.00574. The van der Waals surface area contributed by atoms with Crippen LogP contribution in [0.2, 0.25) is 0 Å². The third-order valence-electron chi connectivity index (χ3n) is 3.26. The van der Waals surface area contributed by atoms with Crippen LogP contribution < -0.4 is 0 Å². The van der Waals surface area contributed by atoms with Gasteiger partial charge in [-0.25, -0.2) is 13.4 Å². The van der Waals surface area contributed by atoms with Crippen molar-refractivity contribution in [3.05, 3.63) is 47.3 Å². The molecule has 0 aliphatic rings. The fraction of sp³-hybridized carbons (Fsp3) is 0.357. The molecule has 1 heterocycles. The second kappa shape index (κ2) is 5.76. The highest BCUT2D eigenvalue weighted by atomic mass is 32.2. The van der Waals surface area contributed by atoms with Crippen LogP contribution in [-0.2, 0) is 29.9 Å². The molecule has 0 saturated carbocycles. The zero-order valence-electron chi connectivity index (χ0n) is 11.6. The minimum Gasteiger partial charge on any atom is -0.390 e. The molecule has 0 saturated heterocycles. The summed E-state index contributed by atoms with van der Waals surface area (Å²) in [5, 5.41) is 9.08. The van der Waals surface area contributed by atoms with Crippen molar-refractivity contribution in [3.63, 3.8) is 0 Å². The predicted octanol–water partition coefficient (Wildman–Crippen LogP) is 1.24. The fourth-order valence-corrected chi connectivity index (χ4v) is 3.39. The summed E-state index contributed by atoms with van der Waals surface area (Å²) in [4.78, 5) is 3.90. The van der Waals surface area contributed by atoms with E-state index < -0.39 is 9.84 Å². The lowest BCUT2D eigenvalue weighted by molar-refractivity contribution is 0.271. The number of hydrogen-bond donors (Lipinski definition) is 1. The van der Waals surface area contributed by atoms with Crippen LogP contribution in [0.25, 0.3) is 0 Å². The number of nitrogens with zero attached hydrogens (tertiary/aromatic N) is 2. The first-order chi connectivity index (χ1) is 9.44. The third kappa shape index (κ3) is 3.08. The number of sulfone groups is 1. The summed E-state index contributed by atoms with van der Waals surface area (Å²) < 4.78 is 25.9. The highest BCUT2D eigenvalue weighted by Crippen LogP contribution is 2.13. The van der Waals surface area contributed by atoms with Gasteiger partial charge in [0.25, 0.3) is 0 Å². The average molecular weight is 294 g/mol. The molecule has 0 bridgehead atoms. The van der Waals surface area contributed by atoms with Crippen molar-refractivity contribution >= 4 is 9.84 Å². The molecule has 0 aliphatic carbocycles. The van der Waals surface area contributed by atoms with Crippen molar-refractivity contribution in [1.29, 1.82) is 0 Å². The first-order valence-electron chi connectivity index (χ1n) is 6.34. The van der Waals surface area contributed by atoms with E-state index in [-0.39, 0.29) is 17.5 Å². The van der Waals surface area contributed by atoms with Gasteiger partial charge in [0, 0.05) is 7.05 Å². The smallest absolute Gasteiger partial charge is 0.227 e. The molecule has 0 unspecified atom stereocenters. The molecule has 20 heavy (non-hydrogen) atoms. The summed E-state index contributed by atoms with van der Waals surface area (Å²) in [7, 11) is -1.85. The molecular formula is C14H18N2O3S. The van der Waals surface area contributed by atoms with Gasteiger partial charge in [-0.15, -0.1) is 0 Å². The summed E-state index contributed by atoms with van der Waals surface area (Å²) in [6, 6.07) is 7.80. The van der Waals surface area contributed by atoms with Gasteiger partial charge in [0.1, 0.15) is 0 Å². The summed E-state index contributed by atoms with van der Waals surface area (Å²) in [5.74, 6) is 0.00574. The van der Waals surface area contributed by atoms with Crippen molar-refractivity contribution < 1.29 is 13.5 Å². The lowest BCUT2D eigenvalue weighted by atomic mass is 10.1. The lowest BCUT2D eigenvalue weighted by Gasteiger charge is -2.06. The van der Waals surface area contributed by atoms with Crippen LogP contribution in [0.4, 0.5) is 0 Å². The second-order valence-electron chi connectivity index (χ2n) is 4.80. The third-order valence-corrected chi connectivity index (χ3v) is 4.94. The molecule has 1 aromatic heterocycles. The Hall–Kier alpha value is -1.66. The Morgan fingerprint density at radius 1 is 1.25 bits per heavy atom. The van der Waals surface area contributed by atoms with Gasteiger partial charge < -0.3 is 9.67 Å². The maximum absolute atomic E-state index is 12.3. The van der Waals surface area contributed by atoms with Crippen molar-refractivity contribution in [2.24, 2.45) is 7.05 Å². The number of aryl methyl sites for hydroxylation is 2. The normalized spacial score (nSPS) is 11.8. The Morgan fingerprint density at radius 3 is 2.45 bits per heavy atom. The minimum atomic E-state index is -3.45. The van der Waals surface area contributed by atoms with E-state index in [1.807, 2.05) is 31.2 Å². The van der Waals surface area contributed by atoms with Crippen LogP contribution in [0.3, 0.4) is 0 Å².